The number of urea groups is 1. The molecule has 0 aliphatic carbocycles. The highest BCUT2D eigenvalue weighted by Gasteiger charge is 2.38. The van der Waals surface area contributed by atoms with Crippen LogP contribution in [0.15, 0.2) is 18.2 Å². The summed E-state index contributed by atoms with van der Waals surface area (Å²) in [6, 6.07) is 1.12. The lowest BCUT2D eigenvalue weighted by molar-refractivity contribution is -0.148. The molecule has 0 fully saturated rings. The highest BCUT2D eigenvalue weighted by Crippen LogP contribution is 2.34. The maximum absolute atomic E-state index is 13.6. The van der Waals surface area contributed by atoms with E-state index < -0.39 is 41.6 Å². The van der Waals surface area contributed by atoms with Crippen LogP contribution in [0.2, 0.25) is 0 Å². The van der Waals surface area contributed by atoms with Gasteiger partial charge < -0.3 is 15.5 Å². The lowest BCUT2D eigenvalue weighted by Gasteiger charge is -2.33. The number of amides is 4. The number of fused-ring (bicyclic) bond motifs is 3. The summed E-state index contributed by atoms with van der Waals surface area (Å²) in [5.41, 5.74) is -0.364. The Morgan fingerprint density at radius 1 is 1.28 bits per heavy atom. The predicted octanol–water partition coefficient (Wildman–Crippen LogP) is 2.54. The van der Waals surface area contributed by atoms with Crippen molar-refractivity contribution in [1.29, 1.82) is 0 Å². The van der Waals surface area contributed by atoms with Gasteiger partial charge in [0.25, 0.3) is 5.91 Å². The Balaban J connectivity index is 1.58. The summed E-state index contributed by atoms with van der Waals surface area (Å²) in [6.45, 7) is 3.41. The minimum absolute atomic E-state index is 0.0269. The second-order valence-corrected chi connectivity index (χ2v) is 8.73. The molecule has 4 rings (SSSR count). The molecule has 4 amide bonds. The Labute approximate surface area is 203 Å². The topological polar surface area (TPSA) is 109 Å². The summed E-state index contributed by atoms with van der Waals surface area (Å²) in [6.07, 6.45) is -5.18. The Bertz CT molecular complexity index is 1210. The molecule has 1 aromatic heterocycles. The fourth-order valence-electron chi connectivity index (χ4n) is 4.26. The molecule has 0 bridgehead atoms. The number of carbonyl (C=O) groups excluding carboxylic acids is 3. The van der Waals surface area contributed by atoms with E-state index in [4.69, 9.17) is 4.84 Å². The third kappa shape index (κ3) is 4.98. The average Bonchev–Trinajstić information content (AvgIpc) is 3.07. The van der Waals surface area contributed by atoms with Gasteiger partial charge in [0, 0.05) is 44.2 Å². The average molecular weight is 512 g/mol. The molecule has 2 aliphatic heterocycles. The number of carbonyl (C=O) groups is 3. The summed E-state index contributed by atoms with van der Waals surface area (Å²) < 4.78 is 54.3. The Morgan fingerprint density at radius 2 is 2.00 bits per heavy atom. The van der Waals surface area contributed by atoms with E-state index in [0.29, 0.717) is 29.8 Å². The van der Waals surface area contributed by atoms with Gasteiger partial charge in [0.15, 0.2) is 0 Å². The number of nitrogens with one attached hydrogen (secondary N) is 2. The van der Waals surface area contributed by atoms with Gasteiger partial charge in [-0.3, -0.25) is 19.1 Å². The zero-order valence-corrected chi connectivity index (χ0v) is 19.6. The van der Waals surface area contributed by atoms with Crippen LogP contribution in [-0.4, -0.2) is 63.3 Å². The molecule has 36 heavy (non-hydrogen) atoms. The molecule has 1 aromatic carbocycles. The van der Waals surface area contributed by atoms with Crippen molar-refractivity contribution in [2.75, 3.05) is 18.9 Å². The summed E-state index contributed by atoms with van der Waals surface area (Å²) in [5, 5.41) is 10.6. The van der Waals surface area contributed by atoms with Gasteiger partial charge in [-0.05, 0) is 25.1 Å². The van der Waals surface area contributed by atoms with Gasteiger partial charge in [-0.25, -0.2) is 14.2 Å². The number of benzene rings is 1. The van der Waals surface area contributed by atoms with E-state index in [1.54, 1.807) is 6.92 Å². The fraction of sp³-hybridized carbons (Fsp3) is 0.455. The van der Waals surface area contributed by atoms with E-state index in [1.165, 1.54) is 23.6 Å². The second-order valence-electron chi connectivity index (χ2n) is 8.73. The number of rotatable bonds is 3. The molecule has 3 heterocycles. The zero-order valence-electron chi connectivity index (χ0n) is 19.6. The Hall–Kier alpha value is -3.68. The van der Waals surface area contributed by atoms with Crippen molar-refractivity contribution in [1.82, 2.24) is 25.1 Å². The van der Waals surface area contributed by atoms with Gasteiger partial charge >= 0.3 is 12.2 Å². The van der Waals surface area contributed by atoms with Crippen molar-refractivity contribution in [2.45, 2.75) is 51.7 Å². The van der Waals surface area contributed by atoms with Gasteiger partial charge in [0.05, 0.1) is 24.3 Å². The van der Waals surface area contributed by atoms with Crippen molar-refractivity contribution in [2.24, 2.45) is 0 Å². The molecule has 14 heteroatoms. The van der Waals surface area contributed by atoms with Crippen molar-refractivity contribution < 1.29 is 36.8 Å². The molecule has 0 radical (unpaired) electrons. The summed E-state index contributed by atoms with van der Waals surface area (Å²) in [7, 11) is 1.43. The van der Waals surface area contributed by atoms with E-state index in [2.05, 4.69) is 15.7 Å². The summed E-state index contributed by atoms with van der Waals surface area (Å²) in [5.74, 6) is -2.19. The number of anilines is 1. The van der Waals surface area contributed by atoms with Crippen molar-refractivity contribution >= 4 is 23.5 Å². The van der Waals surface area contributed by atoms with Crippen LogP contribution in [0.3, 0.4) is 0 Å². The van der Waals surface area contributed by atoms with Crippen LogP contribution in [0.5, 0.6) is 0 Å². The number of halogens is 4. The van der Waals surface area contributed by atoms with Crippen molar-refractivity contribution in [3.63, 3.8) is 0 Å². The predicted molar refractivity (Wildman–Crippen MR) is 117 cm³/mol. The summed E-state index contributed by atoms with van der Waals surface area (Å²) in [4.78, 5) is 44.3. The van der Waals surface area contributed by atoms with E-state index >= 15 is 0 Å². The third-order valence-corrected chi connectivity index (χ3v) is 6.02. The van der Waals surface area contributed by atoms with Gasteiger partial charge in [0.1, 0.15) is 17.6 Å². The van der Waals surface area contributed by atoms with Gasteiger partial charge in [-0.2, -0.15) is 18.3 Å². The van der Waals surface area contributed by atoms with E-state index in [9.17, 15) is 31.9 Å². The van der Waals surface area contributed by atoms with Crippen LogP contribution >= 0.6 is 0 Å². The molecular weight excluding hydrogens is 488 g/mol. The van der Waals surface area contributed by atoms with E-state index in [-0.39, 0.29) is 36.9 Å². The molecule has 0 unspecified atom stereocenters. The first-order chi connectivity index (χ1) is 16.8. The lowest BCUT2D eigenvalue weighted by atomic mass is 9.99. The highest BCUT2D eigenvalue weighted by molar-refractivity contribution is 5.94. The van der Waals surface area contributed by atoms with Gasteiger partial charge in [-0.1, -0.05) is 0 Å². The smallest absolute Gasteiger partial charge is 0.354 e. The Morgan fingerprint density at radius 3 is 2.67 bits per heavy atom. The van der Waals surface area contributed by atoms with Crippen molar-refractivity contribution in [3.8, 4) is 0 Å². The molecule has 2 N–H and O–H groups in total. The molecule has 2 atom stereocenters. The molecular formula is C22H24F4N6O4. The normalized spacial score (nSPS) is 19.9. The standard InChI is InChI=1S/C22H24F4N6O4/c1-11-6-18-15(19-20(34)30(3)36-14(8-27-12(2)33)9-32(19)29-18)10-31(11)21(35)28-13-4-5-17(23)16(7-13)22(24,25)26/h4-5,7,11,14H,6,8-10H2,1-3H3,(H,27,33)(H,28,35)/t11-,14-/m1/s1. The molecule has 10 nitrogen and oxygen atoms in total. The first-order valence-electron chi connectivity index (χ1n) is 11.1. The van der Waals surface area contributed by atoms with E-state index in [0.717, 1.165) is 11.1 Å². The molecule has 0 saturated carbocycles. The van der Waals surface area contributed by atoms with Gasteiger partial charge in [-0.15, -0.1) is 0 Å². The van der Waals surface area contributed by atoms with Crippen LogP contribution in [0.4, 0.5) is 28.0 Å². The maximum Gasteiger partial charge on any atom is 0.419 e. The quantitative estimate of drug-likeness (QED) is 0.615. The molecule has 194 valence electrons. The number of nitrogens with zero attached hydrogens (tertiary/aromatic N) is 4. The maximum atomic E-state index is 13.6. The minimum atomic E-state index is -4.92. The number of hydrogen-bond acceptors (Lipinski definition) is 5. The van der Waals surface area contributed by atoms with Crippen LogP contribution in [0, 0.1) is 5.82 Å². The number of hydroxylamine groups is 2. The van der Waals surface area contributed by atoms with Gasteiger partial charge in [0.2, 0.25) is 5.91 Å². The first-order valence-corrected chi connectivity index (χ1v) is 11.1. The first kappa shape index (κ1) is 25.4. The fourth-order valence-corrected chi connectivity index (χ4v) is 4.26. The third-order valence-electron chi connectivity index (χ3n) is 6.02. The molecule has 2 aromatic rings. The largest absolute Gasteiger partial charge is 0.419 e. The number of aromatic nitrogens is 2. The number of hydrogen-bond donors (Lipinski definition) is 2. The van der Waals surface area contributed by atoms with Crippen LogP contribution < -0.4 is 10.6 Å². The Kier molecular flexibility index (Phi) is 6.64. The minimum Gasteiger partial charge on any atom is -0.354 e. The zero-order chi connectivity index (χ0) is 26.4. The molecule has 0 spiro atoms. The van der Waals surface area contributed by atoms with Crippen LogP contribution in [0.25, 0.3) is 0 Å². The SMILES string of the molecule is CC(=O)NC[C@@H]1Cn2nc3c(c2C(=O)N(C)O1)CN(C(=O)Nc1ccc(F)c(C(F)(F)F)c1)[C@H](C)C3. The summed E-state index contributed by atoms with van der Waals surface area (Å²) >= 11 is 0. The monoisotopic (exact) mass is 512 g/mol. The molecule has 0 saturated heterocycles. The second kappa shape index (κ2) is 9.41. The van der Waals surface area contributed by atoms with Crippen molar-refractivity contribution in [3.05, 3.63) is 46.5 Å². The van der Waals surface area contributed by atoms with E-state index in [1.807, 2.05) is 0 Å². The van der Waals surface area contributed by atoms with Crippen LogP contribution in [-0.2, 0) is 35.3 Å². The highest BCUT2D eigenvalue weighted by atomic mass is 19.4. The molecule has 2 aliphatic rings. The lowest BCUT2D eigenvalue weighted by Crippen LogP contribution is -2.45. The number of alkyl halides is 3. The van der Waals surface area contributed by atoms with Crippen LogP contribution in [0.1, 0.15) is 41.2 Å².